The second-order valence-electron chi connectivity index (χ2n) is 11.5. The lowest BCUT2D eigenvalue weighted by Crippen LogP contribution is -2.16. The highest BCUT2D eigenvalue weighted by atomic mass is 32.2. The first kappa shape index (κ1) is 34.7. The van der Waals surface area contributed by atoms with Gasteiger partial charge in [0.2, 0.25) is 5.91 Å². The number of rotatable bonds is 9. The molecular formula is C36H31N5O8S2. The summed E-state index contributed by atoms with van der Waals surface area (Å²) in [6.45, 7) is 1.28. The Morgan fingerprint density at radius 3 is 1.45 bits per heavy atom. The fraction of sp³-hybridized carbons (Fsp3) is 0.0278. The second kappa shape index (κ2) is 13.3. The number of aromatic hydroxyl groups is 1. The van der Waals surface area contributed by atoms with Gasteiger partial charge in [-0.2, -0.15) is 16.8 Å². The molecule has 0 aromatic heterocycles. The Morgan fingerprint density at radius 2 is 1.04 bits per heavy atom. The highest BCUT2D eigenvalue weighted by Crippen LogP contribution is 2.47. The van der Waals surface area contributed by atoms with Crippen LogP contribution in [-0.4, -0.2) is 37.0 Å². The molecule has 0 spiro atoms. The van der Waals surface area contributed by atoms with E-state index in [0.717, 1.165) is 12.1 Å². The number of fused-ring (bicyclic) bond motifs is 1. The van der Waals surface area contributed by atoms with Crippen LogP contribution >= 0.6 is 0 Å². The van der Waals surface area contributed by atoms with Crippen molar-refractivity contribution in [2.45, 2.75) is 16.7 Å². The molecule has 0 aliphatic carbocycles. The summed E-state index contributed by atoms with van der Waals surface area (Å²) >= 11 is 0. The van der Waals surface area contributed by atoms with Gasteiger partial charge in [-0.05, 0) is 84.2 Å². The summed E-state index contributed by atoms with van der Waals surface area (Å²) in [6, 6.07) is 31.4. The summed E-state index contributed by atoms with van der Waals surface area (Å²) in [4.78, 5) is 14.5. The fourth-order valence-electron chi connectivity index (χ4n) is 5.86. The number of carbonyl (C=O) groups excluding carboxylic acids is 1. The number of nitrogens with zero attached hydrogens (tertiary/aromatic N) is 2. The Morgan fingerprint density at radius 1 is 0.608 bits per heavy atom. The number of nitrogens with one attached hydrogen (secondary N) is 1. The SMILES string of the molecule is CC(=O)Nc1cc(N(c2ccccc2)c2ccc(N)cc2S(=O)(=O)O)cc2cc(N(c3ccccc3)c3ccc(N)cc3S(=O)(=O)O)cc(O)c12. The highest BCUT2D eigenvalue weighted by Gasteiger charge is 2.27. The molecule has 0 heterocycles. The lowest BCUT2D eigenvalue weighted by atomic mass is 10.0. The van der Waals surface area contributed by atoms with Gasteiger partial charge in [0, 0.05) is 46.8 Å². The van der Waals surface area contributed by atoms with Crippen molar-refractivity contribution < 1.29 is 35.8 Å². The summed E-state index contributed by atoms with van der Waals surface area (Å²) in [5.41, 5.74) is 13.6. The molecule has 0 aliphatic rings. The van der Waals surface area contributed by atoms with Crippen molar-refractivity contribution in [2.75, 3.05) is 26.6 Å². The van der Waals surface area contributed by atoms with Crippen molar-refractivity contribution in [3.8, 4) is 5.75 Å². The van der Waals surface area contributed by atoms with Crippen LogP contribution in [0.4, 0.5) is 51.2 Å². The van der Waals surface area contributed by atoms with Crippen molar-refractivity contribution in [2.24, 2.45) is 0 Å². The van der Waals surface area contributed by atoms with Gasteiger partial charge in [0.05, 0.1) is 22.7 Å². The van der Waals surface area contributed by atoms with Crippen LogP contribution in [0.25, 0.3) is 10.8 Å². The van der Waals surface area contributed by atoms with Crippen LogP contribution in [0.3, 0.4) is 0 Å². The Hall–Kier alpha value is -6.13. The van der Waals surface area contributed by atoms with Crippen molar-refractivity contribution in [1.29, 1.82) is 0 Å². The van der Waals surface area contributed by atoms with E-state index >= 15 is 0 Å². The van der Waals surface area contributed by atoms with Gasteiger partial charge in [-0.3, -0.25) is 13.9 Å². The number of phenolic OH excluding ortho intramolecular Hbond substituents is 1. The summed E-state index contributed by atoms with van der Waals surface area (Å²) < 4.78 is 71.0. The van der Waals surface area contributed by atoms with Crippen LogP contribution in [0.15, 0.2) is 131 Å². The van der Waals surface area contributed by atoms with Crippen LogP contribution in [-0.2, 0) is 25.0 Å². The van der Waals surface area contributed by atoms with Crippen molar-refractivity contribution in [3.63, 3.8) is 0 Å². The molecule has 0 unspecified atom stereocenters. The summed E-state index contributed by atoms with van der Waals surface area (Å²) in [7, 11) is -9.62. The Balaban J connectivity index is 1.69. The van der Waals surface area contributed by atoms with Crippen molar-refractivity contribution in [1.82, 2.24) is 0 Å². The smallest absolute Gasteiger partial charge is 0.296 e. The summed E-state index contributed by atoms with van der Waals surface area (Å²) in [5.74, 6) is -0.778. The molecule has 51 heavy (non-hydrogen) atoms. The Kier molecular flexibility index (Phi) is 9.05. The molecule has 0 saturated heterocycles. The predicted octanol–water partition coefficient (Wildman–Crippen LogP) is 7.10. The molecule has 13 nitrogen and oxygen atoms in total. The molecule has 8 N–H and O–H groups in total. The molecule has 0 atom stereocenters. The van der Waals surface area contributed by atoms with Gasteiger partial charge in [0.1, 0.15) is 15.5 Å². The van der Waals surface area contributed by atoms with Gasteiger partial charge in [-0.1, -0.05) is 36.4 Å². The van der Waals surface area contributed by atoms with Crippen molar-refractivity contribution in [3.05, 3.63) is 121 Å². The van der Waals surface area contributed by atoms with Crippen LogP contribution in [0, 0.1) is 0 Å². The fourth-order valence-corrected chi connectivity index (χ4v) is 7.28. The average molecular weight is 726 g/mol. The van der Waals surface area contributed by atoms with E-state index in [2.05, 4.69) is 5.32 Å². The molecule has 0 fully saturated rings. The van der Waals surface area contributed by atoms with Crippen LogP contribution in [0.1, 0.15) is 6.92 Å². The summed E-state index contributed by atoms with van der Waals surface area (Å²) in [5, 5.41) is 14.9. The lowest BCUT2D eigenvalue weighted by molar-refractivity contribution is -0.114. The zero-order valence-electron chi connectivity index (χ0n) is 26.8. The van der Waals surface area contributed by atoms with Crippen LogP contribution in [0.2, 0.25) is 0 Å². The summed E-state index contributed by atoms with van der Waals surface area (Å²) in [6.07, 6.45) is 0. The standard InChI is InChI=1S/C36H31N5O8S2/c1-22(42)39-30-20-28(40(26-8-4-2-5-9-26)31-14-12-24(37)18-34(31)50(44,45)46)16-23-17-29(21-33(43)36(23)30)41(27-10-6-3-7-11-27)32-15-13-25(38)19-35(32)51(47,48)49/h2-21,43H,37-38H2,1H3,(H,39,42)(H,44,45,46)(H,47,48,49). The molecule has 0 aliphatic heterocycles. The van der Waals surface area contributed by atoms with Gasteiger partial charge in [-0.25, -0.2) is 0 Å². The maximum Gasteiger partial charge on any atom is 0.296 e. The molecular weight excluding hydrogens is 695 g/mol. The number of benzene rings is 6. The minimum absolute atomic E-state index is 0.0143. The molecule has 0 bridgehead atoms. The maximum absolute atomic E-state index is 12.7. The average Bonchev–Trinajstić information content (AvgIpc) is 3.06. The largest absolute Gasteiger partial charge is 0.507 e. The Bertz CT molecular complexity index is 2530. The van der Waals surface area contributed by atoms with E-state index < -0.39 is 35.9 Å². The number of hydrogen-bond donors (Lipinski definition) is 6. The molecule has 15 heteroatoms. The van der Waals surface area contributed by atoms with Gasteiger partial charge in [-0.15, -0.1) is 0 Å². The zero-order chi connectivity index (χ0) is 36.7. The molecule has 260 valence electrons. The number of nitrogens with two attached hydrogens (primary N) is 2. The minimum Gasteiger partial charge on any atom is -0.507 e. The normalized spacial score (nSPS) is 11.7. The number of hydrogen-bond acceptors (Lipinski definition) is 10. The molecule has 6 aromatic rings. The first-order chi connectivity index (χ1) is 24.1. The highest BCUT2D eigenvalue weighted by molar-refractivity contribution is 7.86. The van der Waals surface area contributed by atoms with E-state index in [4.69, 9.17) is 11.5 Å². The molecule has 0 saturated carbocycles. The van der Waals surface area contributed by atoms with Gasteiger partial charge in [0.15, 0.2) is 0 Å². The van der Waals surface area contributed by atoms with E-state index in [9.17, 15) is 35.8 Å². The lowest BCUT2D eigenvalue weighted by Gasteiger charge is -2.29. The topological polar surface area (TPSA) is 217 Å². The van der Waals surface area contributed by atoms with Crippen molar-refractivity contribution >= 4 is 88.1 Å². The number of anilines is 9. The molecule has 1 amide bonds. The third kappa shape index (κ3) is 7.13. The number of para-hydroxylation sites is 2. The quantitative estimate of drug-likeness (QED) is 0.0650. The number of carbonyl (C=O) groups is 1. The van der Waals surface area contributed by atoms with E-state index in [1.54, 1.807) is 72.8 Å². The van der Waals surface area contributed by atoms with Crippen LogP contribution in [0.5, 0.6) is 5.75 Å². The van der Waals surface area contributed by atoms with E-state index in [1.807, 2.05) is 0 Å². The third-order valence-corrected chi connectivity index (χ3v) is 9.62. The third-order valence-electron chi connectivity index (χ3n) is 7.86. The minimum atomic E-state index is -4.81. The molecule has 6 aromatic carbocycles. The van der Waals surface area contributed by atoms with Gasteiger partial charge >= 0.3 is 0 Å². The number of amides is 1. The van der Waals surface area contributed by atoms with Gasteiger partial charge in [0.25, 0.3) is 20.2 Å². The second-order valence-corrected chi connectivity index (χ2v) is 14.3. The first-order valence-corrected chi connectivity index (χ1v) is 18.0. The Labute approximate surface area is 293 Å². The van der Waals surface area contributed by atoms with E-state index in [-0.39, 0.29) is 45.3 Å². The number of phenols is 1. The van der Waals surface area contributed by atoms with E-state index in [0.29, 0.717) is 22.4 Å². The number of nitrogen functional groups attached to an aromatic ring is 2. The van der Waals surface area contributed by atoms with E-state index in [1.165, 1.54) is 53.1 Å². The maximum atomic E-state index is 12.7. The first-order valence-electron chi connectivity index (χ1n) is 15.1. The predicted molar refractivity (Wildman–Crippen MR) is 198 cm³/mol. The monoisotopic (exact) mass is 725 g/mol. The molecule has 6 rings (SSSR count). The molecule has 0 radical (unpaired) electrons. The van der Waals surface area contributed by atoms with Crippen LogP contribution < -0.4 is 26.6 Å². The van der Waals surface area contributed by atoms with Gasteiger partial charge < -0.3 is 31.7 Å². The zero-order valence-corrected chi connectivity index (χ0v) is 28.4.